The van der Waals surface area contributed by atoms with Crippen LogP contribution in [-0.2, 0) is 4.79 Å². The van der Waals surface area contributed by atoms with Crippen molar-refractivity contribution in [1.82, 2.24) is 5.32 Å². The second kappa shape index (κ2) is 6.21. The Morgan fingerprint density at radius 1 is 1.33 bits per heavy atom. The van der Waals surface area contributed by atoms with Crippen LogP contribution in [0.2, 0.25) is 0 Å². The van der Waals surface area contributed by atoms with E-state index < -0.39 is 28.3 Å². The number of carbonyl (C=O) groups is 2. The molecule has 0 aromatic heterocycles. The molecule has 1 aromatic carbocycles. The van der Waals surface area contributed by atoms with Crippen LogP contribution in [0.25, 0.3) is 0 Å². The Kier molecular flexibility index (Phi) is 5.06. The normalized spacial score (nSPS) is 12.6. The molecule has 8 heteroatoms. The molecule has 2 N–H and O–H groups in total. The number of nitrogens with zero attached hydrogens (tertiary/aromatic N) is 1. The summed E-state index contributed by atoms with van der Waals surface area (Å²) in [6.07, 6.45) is 0. The topological polar surface area (TPSA) is 110 Å². The highest BCUT2D eigenvalue weighted by molar-refractivity contribution is 9.10. The maximum atomic E-state index is 12.1. The minimum absolute atomic E-state index is 0.0200. The number of hydrogen-bond donors (Lipinski definition) is 2. The molecule has 21 heavy (non-hydrogen) atoms. The van der Waals surface area contributed by atoms with Gasteiger partial charge in [-0.25, -0.2) is 4.79 Å². The first-order chi connectivity index (χ1) is 9.52. The van der Waals surface area contributed by atoms with Crippen LogP contribution in [0.1, 0.15) is 31.1 Å². The number of carboxylic acid groups (broad SMARTS) is 1. The number of aliphatic carboxylic acids is 1. The van der Waals surface area contributed by atoms with Gasteiger partial charge in [0.15, 0.2) is 0 Å². The number of nitro groups is 1. The minimum Gasteiger partial charge on any atom is -0.480 e. The first kappa shape index (κ1) is 17.1. The van der Waals surface area contributed by atoms with E-state index in [0.29, 0.717) is 4.47 Å². The van der Waals surface area contributed by atoms with E-state index in [1.165, 1.54) is 12.1 Å². The number of non-ortho nitro benzene ring substituents is 1. The largest absolute Gasteiger partial charge is 0.480 e. The molecule has 0 heterocycles. The molecule has 0 saturated heterocycles. The highest BCUT2D eigenvalue weighted by Gasteiger charge is 2.33. The second-order valence-electron chi connectivity index (χ2n) is 5.57. The second-order valence-corrected chi connectivity index (χ2v) is 6.48. The van der Waals surface area contributed by atoms with Crippen LogP contribution in [0.4, 0.5) is 5.69 Å². The molecular weight excluding hydrogens is 344 g/mol. The van der Waals surface area contributed by atoms with Gasteiger partial charge in [-0.05, 0) is 11.5 Å². The summed E-state index contributed by atoms with van der Waals surface area (Å²) in [5, 5.41) is 22.3. The van der Waals surface area contributed by atoms with Crippen LogP contribution < -0.4 is 5.32 Å². The van der Waals surface area contributed by atoms with Crippen LogP contribution in [0.3, 0.4) is 0 Å². The fourth-order valence-corrected chi connectivity index (χ4v) is 2.15. The third kappa shape index (κ3) is 4.52. The quantitative estimate of drug-likeness (QED) is 0.634. The number of amides is 1. The number of benzene rings is 1. The van der Waals surface area contributed by atoms with Gasteiger partial charge < -0.3 is 10.4 Å². The number of nitrogens with one attached hydrogen (secondary N) is 1. The van der Waals surface area contributed by atoms with Crippen molar-refractivity contribution in [3.63, 3.8) is 0 Å². The molecule has 0 aliphatic rings. The molecule has 0 aliphatic carbocycles. The molecular formula is C13H15BrN2O5. The Bertz CT molecular complexity index is 595. The van der Waals surface area contributed by atoms with Gasteiger partial charge in [0.05, 0.1) is 4.92 Å². The van der Waals surface area contributed by atoms with E-state index in [2.05, 4.69) is 21.2 Å². The van der Waals surface area contributed by atoms with Crippen molar-refractivity contribution in [3.05, 3.63) is 38.3 Å². The molecule has 0 aliphatic heterocycles. The van der Waals surface area contributed by atoms with Crippen LogP contribution in [0.15, 0.2) is 22.7 Å². The lowest BCUT2D eigenvalue weighted by Gasteiger charge is -2.27. The van der Waals surface area contributed by atoms with Crippen LogP contribution in [-0.4, -0.2) is 27.9 Å². The highest BCUT2D eigenvalue weighted by Crippen LogP contribution is 2.23. The number of halogens is 1. The van der Waals surface area contributed by atoms with E-state index in [1.807, 2.05) is 0 Å². The zero-order chi connectivity index (χ0) is 16.4. The first-order valence-corrected chi connectivity index (χ1v) is 6.80. The van der Waals surface area contributed by atoms with E-state index in [-0.39, 0.29) is 11.3 Å². The van der Waals surface area contributed by atoms with Gasteiger partial charge in [0, 0.05) is 22.2 Å². The lowest BCUT2D eigenvalue weighted by atomic mass is 9.86. The van der Waals surface area contributed by atoms with E-state index in [1.54, 1.807) is 20.8 Å². The predicted octanol–water partition coefficient (Wildman–Crippen LogP) is 2.59. The van der Waals surface area contributed by atoms with E-state index in [9.17, 15) is 19.7 Å². The van der Waals surface area contributed by atoms with E-state index >= 15 is 0 Å². The third-order valence-electron chi connectivity index (χ3n) is 2.74. The van der Waals surface area contributed by atoms with E-state index in [0.717, 1.165) is 6.07 Å². The van der Waals surface area contributed by atoms with Crippen molar-refractivity contribution >= 4 is 33.5 Å². The van der Waals surface area contributed by atoms with Crippen molar-refractivity contribution in [2.45, 2.75) is 26.8 Å². The zero-order valence-electron chi connectivity index (χ0n) is 11.7. The van der Waals surface area contributed by atoms with Crippen molar-refractivity contribution in [2.24, 2.45) is 5.41 Å². The number of rotatable bonds is 4. The van der Waals surface area contributed by atoms with Crippen LogP contribution in [0.5, 0.6) is 0 Å². The monoisotopic (exact) mass is 358 g/mol. The van der Waals surface area contributed by atoms with Gasteiger partial charge in [0.2, 0.25) is 0 Å². The van der Waals surface area contributed by atoms with Crippen LogP contribution in [0, 0.1) is 15.5 Å². The highest BCUT2D eigenvalue weighted by atomic mass is 79.9. The Hall–Kier alpha value is -1.96. The molecule has 0 radical (unpaired) electrons. The molecule has 0 saturated carbocycles. The van der Waals surface area contributed by atoms with Gasteiger partial charge in [-0.2, -0.15) is 0 Å². The molecule has 0 bridgehead atoms. The van der Waals surface area contributed by atoms with Gasteiger partial charge in [0.25, 0.3) is 11.6 Å². The van der Waals surface area contributed by atoms with Crippen molar-refractivity contribution in [2.75, 3.05) is 0 Å². The Labute approximate surface area is 129 Å². The van der Waals surface area contributed by atoms with Crippen molar-refractivity contribution in [3.8, 4) is 0 Å². The van der Waals surface area contributed by atoms with Gasteiger partial charge in [-0.15, -0.1) is 0 Å². The summed E-state index contributed by atoms with van der Waals surface area (Å²) >= 11 is 3.08. The lowest BCUT2D eigenvalue weighted by molar-refractivity contribution is -0.385. The van der Waals surface area contributed by atoms with E-state index in [4.69, 9.17) is 5.11 Å². The standard InChI is InChI=1S/C13H15BrN2O5/c1-13(2,3)10(12(18)19)15-11(17)7-4-8(14)6-9(5-7)16(20)21/h4-6,10H,1-3H3,(H,15,17)(H,18,19)/t10-/m0/s1. The van der Waals surface area contributed by atoms with Crippen molar-refractivity contribution in [1.29, 1.82) is 0 Å². The summed E-state index contributed by atoms with van der Waals surface area (Å²) in [6.45, 7) is 5.03. The molecule has 1 amide bonds. The summed E-state index contributed by atoms with van der Waals surface area (Å²) in [6, 6.07) is 2.64. The van der Waals surface area contributed by atoms with Gasteiger partial charge in [0.1, 0.15) is 6.04 Å². The summed E-state index contributed by atoms with van der Waals surface area (Å²) in [5.74, 6) is -1.85. The number of nitro benzene ring substituents is 1. The first-order valence-electron chi connectivity index (χ1n) is 6.01. The van der Waals surface area contributed by atoms with Gasteiger partial charge >= 0.3 is 5.97 Å². The smallest absolute Gasteiger partial charge is 0.326 e. The number of carboxylic acids is 1. The third-order valence-corrected chi connectivity index (χ3v) is 3.20. The SMILES string of the molecule is CC(C)(C)[C@@H](NC(=O)c1cc(Br)cc([N+](=O)[O-])c1)C(=O)O. The Morgan fingerprint density at radius 3 is 2.33 bits per heavy atom. The lowest BCUT2D eigenvalue weighted by Crippen LogP contribution is -2.49. The maximum Gasteiger partial charge on any atom is 0.326 e. The van der Waals surface area contributed by atoms with Crippen molar-refractivity contribution < 1.29 is 19.6 Å². The predicted molar refractivity (Wildman–Crippen MR) is 79.1 cm³/mol. The minimum atomic E-state index is -1.17. The average Bonchev–Trinajstić information content (AvgIpc) is 2.32. The number of hydrogen-bond acceptors (Lipinski definition) is 4. The van der Waals surface area contributed by atoms with Crippen LogP contribution >= 0.6 is 15.9 Å². The molecule has 1 atom stereocenters. The summed E-state index contributed by atoms with van der Waals surface area (Å²) in [4.78, 5) is 33.5. The fourth-order valence-electron chi connectivity index (χ4n) is 1.67. The molecule has 7 nitrogen and oxygen atoms in total. The maximum absolute atomic E-state index is 12.1. The summed E-state index contributed by atoms with van der Waals surface area (Å²) in [5.41, 5.74) is -0.928. The van der Waals surface area contributed by atoms with Gasteiger partial charge in [-0.3, -0.25) is 14.9 Å². The zero-order valence-corrected chi connectivity index (χ0v) is 13.3. The average molecular weight is 359 g/mol. The summed E-state index contributed by atoms with van der Waals surface area (Å²) in [7, 11) is 0. The Balaban J connectivity index is 3.09. The fraction of sp³-hybridized carbons (Fsp3) is 0.385. The summed E-state index contributed by atoms with van der Waals surface area (Å²) < 4.78 is 0.365. The van der Waals surface area contributed by atoms with Gasteiger partial charge in [-0.1, -0.05) is 36.7 Å². The molecule has 0 spiro atoms. The number of carbonyl (C=O) groups excluding carboxylic acids is 1. The molecule has 0 fully saturated rings. The molecule has 0 unspecified atom stereocenters. The molecule has 114 valence electrons. The molecule has 1 rings (SSSR count). The Morgan fingerprint density at radius 2 is 1.90 bits per heavy atom. The molecule has 1 aromatic rings.